The number of halogens is 1. The van der Waals surface area contributed by atoms with Crippen LogP contribution < -0.4 is 5.32 Å². The number of alkyl halides is 1. The van der Waals surface area contributed by atoms with E-state index < -0.39 is 5.97 Å². The Balaban J connectivity index is 2.85. The molecule has 0 spiro atoms. The first kappa shape index (κ1) is 17.4. The average molecular weight is 317 g/mol. The molecule has 0 radical (unpaired) electrons. The lowest BCUT2D eigenvalue weighted by Crippen LogP contribution is -2.44. The van der Waals surface area contributed by atoms with Crippen molar-refractivity contribution in [3.05, 3.63) is 11.4 Å². The van der Waals surface area contributed by atoms with Gasteiger partial charge >= 0.3 is 5.97 Å². The van der Waals surface area contributed by atoms with Gasteiger partial charge in [0.15, 0.2) is 5.69 Å². The number of hydrogen-bond donors (Lipinski definition) is 1. The summed E-state index contributed by atoms with van der Waals surface area (Å²) >= 11 is 5.83. The quantitative estimate of drug-likeness (QED) is 0.608. The van der Waals surface area contributed by atoms with Crippen LogP contribution >= 0.6 is 11.6 Å². The molecule has 0 fully saturated rings. The minimum absolute atomic E-state index is 0.0194. The van der Waals surface area contributed by atoms with Crippen molar-refractivity contribution in [1.82, 2.24) is 20.3 Å². The zero-order chi connectivity index (χ0) is 16.0. The predicted molar refractivity (Wildman–Crippen MR) is 78.0 cm³/mol. The van der Waals surface area contributed by atoms with Gasteiger partial charge in [-0.05, 0) is 27.2 Å². The molecule has 0 unspecified atom stereocenters. The normalized spacial score (nSPS) is 11.3. The molecule has 0 saturated carbocycles. The molecular formula is C13H21ClN4O3. The van der Waals surface area contributed by atoms with Crippen molar-refractivity contribution in [2.24, 2.45) is 0 Å². The number of esters is 1. The minimum Gasteiger partial charge on any atom is -0.461 e. The fourth-order valence-corrected chi connectivity index (χ4v) is 1.86. The number of ether oxygens (including phenoxy) is 1. The summed E-state index contributed by atoms with van der Waals surface area (Å²) < 4.78 is 6.19. The molecule has 1 N–H and O–H groups in total. The van der Waals surface area contributed by atoms with Gasteiger partial charge in [-0.15, -0.1) is 16.7 Å². The Labute approximate surface area is 129 Å². The Bertz CT molecular complexity index is 514. The van der Waals surface area contributed by atoms with Crippen LogP contribution in [0.25, 0.3) is 0 Å². The summed E-state index contributed by atoms with van der Waals surface area (Å²) in [6.07, 6.45) is 0.798. The number of aromatic nitrogens is 3. The zero-order valence-corrected chi connectivity index (χ0v) is 13.5. The minimum atomic E-state index is -0.589. The smallest absolute Gasteiger partial charge is 0.360 e. The molecule has 0 bridgehead atoms. The van der Waals surface area contributed by atoms with E-state index in [1.54, 1.807) is 6.92 Å². The summed E-state index contributed by atoms with van der Waals surface area (Å²) in [6, 6.07) is 0. The number of amides is 1. The van der Waals surface area contributed by atoms with E-state index in [1.165, 1.54) is 4.68 Å². The molecule has 1 heterocycles. The lowest BCUT2D eigenvalue weighted by molar-refractivity contribution is -0.123. The fourth-order valence-electron chi connectivity index (χ4n) is 1.59. The number of carbonyl (C=O) groups excluding carboxylic acids is 2. The second kappa shape index (κ2) is 7.40. The van der Waals surface area contributed by atoms with E-state index in [9.17, 15) is 9.59 Å². The number of carbonyl (C=O) groups is 2. The number of nitrogens with one attached hydrogen (secondary N) is 1. The average Bonchev–Trinajstić information content (AvgIpc) is 2.81. The van der Waals surface area contributed by atoms with Gasteiger partial charge in [0.25, 0.3) is 0 Å². The first-order valence-corrected chi connectivity index (χ1v) is 7.34. The predicted octanol–water partition coefficient (Wildman–Crippen LogP) is 1.50. The van der Waals surface area contributed by atoms with Crippen molar-refractivity contribution in [2.75, 3.05) is 6.61 Å². The molecular weight excluding hydrogens is 296 g/mol. The number of nitrogens with zero attached hydrogens (tertiary/aromatic N) is 3. The summed E-state index contributed by atoms with van der Waals surface area (Å²) in [6.45, 7) is 7.73. The van der Waals surface area contributed by atoms with Crippen LogP contribution in [0.2, 0.25) is 0 Å². The Hall–Kier alpha value is -1.63. The van der Waals surface area contributed by atoms with Crippen LogP contribution in [0.1, 0.15) is 50.3 Å². The van der Waals surface area contributed by atoms with Gasteiger partial charge in [-0.1, -0.05) is 12.1 Å². The van der Waals surface area contributed by atoms with Gasteiger partial charge in [0, 0.05) is 5.54 Å². The van der Waals surface area contributed by atoms with E-state index in [-0.39, 0.29) is 36.2 Å². The standard InChI is InChI=1S/C13H21ClN4O3/c1-5-13(3,4)15-10(19)8-18-9(7-14)11(16-17-18)12(20)21-6-2/h5-8H2,1-4H3,(H,15,19). The van der Waals surface area contributed by atoms with Crippen LogP contribution in [0, 0.1) is 0 Å². The van der Waals surface area contributed by atoms with Crippen molar-refractivity contribution >= 4 is 23.5 Å². The highest BCUT2D eigenvalue weighted by Crippen LogP contribution is 2.11. The van der Waals surface area contributed by atoms with E-state index in [0.29, 0.717) is 5.69 Å². The van der Waals surface area contributed by atoms with Crippen molar-refractivity contribution in [3.63, 3.8) is 0 Å². The Kier molecular flexibility index (Phi) is 6.14. The van der Waals surface area contributed by atoms with E-state index in [0.717, 1.165) is 6.42 Å². The first-order valence-electron chi connectivity index (χ1n) is 6.81. The lowest BCUT2D eigenvalue weighted by atomic mass is 10.0. The first-order chi connectivity index (χ1) is 9.84. The molecule has 1 amide bonds. The van der Waals surface area contributed by atoms with Gasteiger partial charge in [0.1, 0.15) is 6.54 Å². The van der Waals surface area contributed by atoms with Crippen LogP contribution in [-0.4, -0.2) is 39.0 Å². The molecule has 118 valence electrons. The summed E-state index contributed by atoms with van der Waals surface area (Å²) in [5.74, 6) is -0.784. The largest absolute Gasteiger partial charge is 0.461 e. The summed E-state index contributed by atoms with van der Waals surface area (Å²) in [4.78, 5) is 23.7. The van der Waals surface area contributed by atoms with Crippen molar-refractivity contribution in [2.45, 2.75) is 52.1 Å². The van der Waals surface area contributed by atoms with Crippen LogP contribution in [0.15, 0.2) is 0 Å². The molecule has 0 aliphatic heterocycles. The van der Waals surface area contributed by atoms with Gasteiger partial charge in [-0.2, -0.15) is 0 Å². The van der Waals surface area contributed by atoms with Crippen LogP contribution in [0.5, 0.6) is 0 Å². The Morgan fingerprint density at radius 1 is 1.38 bits per heavy atom. The molecule has 0 atom stereocenters. The molecule has 0 aliphatic rings. The van der Waals surface area contributed by atoms with Gasteiger partial charge in [0.2, 0.25) is 5.91 Å². The van der Waals surface area contributed by atoms with Crippen molar-refractivity contribution in [1.29, 1.82) is 0 Å². The van der Waals surface area contributed by atoms with E-state index in [1.807, 2.05) is 20.8 Å². The molecule has 8 heteroatoms. The van der Waals surface area contributed by atoms with Crippen LogP contribution in [-0.2, 0) is 22.0 Å². The Morgan fingerprint density at radius 2 is 2.05 bits per heavy atom. The maximum Gasteiger partial charge on any atom is 0.360 e. The third-order valence-corrected chi connectivity index (χ3v) is 3.34. The molecule has 0 aromatic carbocycles. The van der Waals surface area contributed by atoms with E-state index in [4.69, 9.17) is 16.3 Å². The van der Waals surface area contributed by atoms with Crippen molar-refractivity contribution in [3.8, 4) is 0 Å². The zero-order valence-electron chi connectivity index (χ0n) is 12.8. The van der Waals surface area contributed by atoms with Crippen LogP contribution in [0.4, 0.5) is 0 Å². The Morgan fingerprint density at radius 3 is 2.57 bits per heavy atom. The van der Waals surface area contributed by atoms with Gasteiger partial charge in [-0.25, -0.2) is 9.48 Å². The maximum atomic E-state index is 12.0. The fraction of sp³-hybridized carbons (Fsp3) is 0.692. The van der Waals surface area contributed by atoms with Gasteiger partial charge in [0.05, 0.1) is 18.2 Å². The second-order valence-electron chi connectivity index (χ2n) is 5.18. The SMILES string of the molecule is CCOC(=O)c1nnn(CC(=O)NC(C)(C)CC)c1CCl. The molecule has 7 nitrogen and oxygen atoms in total. The molecule has 1 aromatic heterocycles. The molecule has 0 aliphatic carbocycles. The highest BCUT2D eigenvalue weighted by Gasteiger charge is 2.23. The lowest BCUT2D eigenvalue weighted by Gasteiger charge is -2.24. The van der Waals surface area contributed by atoms with E-state index >= 15 is 0 Å². The second-order valence-corrected chi connectivity index (χ2v) is 5.45. The number of hydrogen-bond acceptors (Lipinski definition) is 5. The number of rotatable bonds is 7. The maximum absolute atomic E-state index is 12.0. The van der Waals surface area contributed by atoms with Crippen molar-refractivity contribution < 1.29 is 14.3 Å². The molecule has 1 rings (SSSR count). The third-order valence-electron chi connectivity index (χ3n) is 3.09. The summed E-state index contributed by atoms with van der Waals surface area (Å²) in [5.41, 5.74) is 0.122. The highest BCUT2D eigenvalue weighted by molar-refractivity contribution is 6.17. The molecule has 21 heavy (non-hydrogen) atoms. The monoisotopic (exact) mass is 316 g/mol. The topological polar surface area (TPSA) is 86.1 Å². The van der Waals surface area contributed by atoms with E-state index in [2.05, 4.69) is 15.6 Å². The highest BCUT2D eigenvalue weighted by atomic mass is 35.5. The third kappa shape index (κ3) is 4.70. The van der Waals surface area contributed by atoms with Gasteiger partial charge in [-0.3, -0.25) is 4.79 Å². The molecule has 1 aromatic rings. The summed E-state index contributed by atoms with van der Waals surface area (Å²) in [5, 5.41) is 10.4. The molecule has 0 saturated heterocycles. The summed E-state index contributed by atoms with van der Waals surface area (Å²) in [7, 11) is 0. The van der Waals surface area contributed by atoms with Gasteiger partial charge < -0.3 is 10.1 Å². The van der Waals surface area contributed by atoms with Crippen LogP contribution in [0.3, 0.4) is 0 Å².